The number of aromatic nitrogens is 1. The van der Waals surface area contributed by atoms with E-state index in [9.17, 15) is 0 Å². The third kappa shape index (κ3) is 2.80. The summed E-state index contributed by atoms with van der Waals surface area (Å²) in [5.41, 5.74) is 3.65. The molecule has 1 heterocycles. The Labute approximate surface area is 124 Å². The van der Waals surface area contributed by atoms with Crippen LogP contribution in [0.2, 0.25) is 0 Å². The molecule has 4 heteroatoms. The standard InChI is InChI=1S/C15H13BrN2S/c1-10-4-2-3-5-11(10)9-17-15-18-13-8-12(16)6-7-14(13)19-15/h2-8H,9H2,1H3,(H,17,18). The van der Waals surface area contributed by atoms with Crippen LogP contribution in [0.5, 0.6) is 0 Å². The highest BCUT2D eigenvalue weighted by molar-refractivity contribution is 9.10. The van der Waals surface area contributed by atoms with Crippen molar-refractivity contribution in [3.8, 4) is 0 Å². The van der Waals surface area contributed by atoms with Gasteiger partial charge in [-0.25, -0.2) is 4.98 Å². The summed E-state index contributed by atoms with van der Waals surface area (Å²) in [7, 11) is 0. The third-order valence-corrected chi connectivity index (χ3v) is 4.53. The Morgan fingerprint density at radius 1 is 1.21 bits per heavy atom. The van der Waals surface area contributed by atoms with Crippen molar-refractivity contribution in [3.05, 3.63) is 58.1 Å². The Morgan fingerprint density at radius 2 is 2.05 bits per heavy atom. The Hall–Kier alpha value is -1.39. The number of hydrogen-bond acceptors (Lipinski definition) is 3. The first kappa shape index (κ1) is 12.6. The summed E-state index contributed by atoms with van der Waals surface area (Å²) in [6.45, 7) is 2.94. The SMILES string of the molecule is Cc1ccccc1CNc1nc2cc(Br)ccc2s1. The molecule has 0 radical (unpaired) electrons. The molecule has 0 atom stereocenters. The van der Waals surface area contributed by atoms with E-state index < -0.39 is 0 Å². The van der Waals surface area contributed by atoms with Crippen molar-refractivity contribution in [2.24, 2.45) is 0 Å². The molecular weight excluding hydrogens is 320 g/mol. The summed E-state index contributed by atoms with van der Waals surface area (Å²) < 4.78 is 2.27. The molecule has 2 aromatic carbocycles. The number of nitrogens with one attached hydrogen (secondary N) is 1. The summed E-state index contributed by atoms with van der Waals surface area (Å²) in [5, 5.41) is 4.37. The second kappa shape index (κ2) is 5.31. The zero-order chi connectivity index (χ0) is 13.2. The molecule has 3 rings (SSSR count). The summed E-state index contributed by atoms with van der Waals surface area (Å²) in [5.74, 6) is 0. The summed E-state index contributed by atoms with van der Waals surface area (Å²) >= 11 is 5.16. The quantitative estimate of drug-likeness (QED) is 0.731. The highest BCUT2D eigenvalue weighted by Gasteiger charge is 2.04. The topological polar surface area (TPSA) is 24.9 Å². The van der Waals surface area contributed by atoms with E-state index in [1.54, 1.807) is 11.3 Å². The van der Waals surface area contributed by atoms with E-state index in [1.807, 2.05) is 12.1 Å². The molecule has 0 aliphatic carbocycles. The van der Waals surface area contributed by atoms with Crippen LogP contribution in [-0.4, -0.2) is 4.98 Å². The number of halogens is 1. The lowest BCUT2D eigenvalue weighted by Gasteiger charge is -2.05. The van der Waals surface area contributed by atoms with E-state index in [0.717, 1.165) is 21.7 Å². The molecule has 0 aliphatic heterocycles. The number of nitrogens with zero attached hydrogens (tertiary/aromatic N) is 1. The zero-order valence-electron chi connectivity index (χ0n) is 10.5. The van der Waals surface area contributed by atoms with Crippen LogP contribution in [0, 0.1) is 6.92 Å². The van der Waals surface area contributed by atoms with Crippen molar-refractivity contribution >= 4 is 42.6 Å². The largest absolute Gasteiger partial charge is 0.357 e. The van der Waals surface area contributed by atoms with Crippen LogP contribution in [0.15, 0.2) is 46.9 Å². The lowest BCUT2D eigenvalue weighted by molar-refractivity contribution is 1.11. The first-order valence-electron chi connectivity index (χ1n) is 6.07. The highest BCUT2D eigenvalue weighted by atomic mass is 79.9. The molecular formula is C15H13BrN2S. The molecule has 0 spiro atoms. The van der Waals surface area contributed by atoms with Gasteiger partial charge in [0.05, 0.1) is 10.2 Å². The number of rotatable bonds is 3. The molecule has 1 aromatic heterocycles. The van der Waals surface area contributed by atoms with Crippen LogP contribution in [0.1, 0.15) is 11.1 Å². The Bertz CT molecular complexity index is 721. The van der Waals surface area contributed by atoms with Crippen molar-refractivity contribution in [2.75, 3.05) is 5.32 Å². The molecule has 19 heavy (non-hydrogen) atoms. The highest BCUT2D eigenvalue weighted by Crippen LogP contribution is 2.28. The fourth-order valence-electron chi connectivity index (χ4n) is 1.96. The molecule has 0 fully saturated rings. The first-order chi connectivity index (χ1) is 9.22. The predicted octanol–water partition coefficient (Wildman–Crippen LogP) is 4.98. The van der Waals surface area contributed by atoms with Gasteiger partial charge in [-0.15, -0.1) is 0 Å². The maximum Gasteiger partial charge on any atom is 0.184 e. The van der Waals surface area contributed by atoms with Crippen molar-refractivity contribution in [2.45, 2.75) is 13.5 Å². The van der Waals surface area contributed by atoms with Crippen LogP contribution >= 0.6 is 27.3 Å². The number of thiazole rings is 1. The molecule has 96 valence electrons. The molecule has 0 saturated carbocycles. The van der Waals surface area contributed by atoms with Gasteiger partial charge in [-0.2, -0.15) is 0 Å². The molecule has 0 saturated heterocycles. The lowest BCUT2D eigenvalue weighted by atomic mass is 10.1. The maximum atomic E-state index is 4.60. The molecule has 0 bridgehead atoms. The Balaban J connectivity index is 1.80. The predicted molar refractivity (Wildman–Crippen MR) is 85.8 cm³/mol. The van der Waals surface area contributed by atoms with Crippen molar-refractivity contribution in [1.29, 1.82) is 0 Å². The summed E-state index contributed by atoms with van der Waals surface area (Å²) in [6.07, 6.45) is 0. The third-order valence-electron chi connectivity index (χ3n) is 3.04. The maximum absolute atomic E-state index is 4.60. The van der Waals surface area contributed by atoms with Crippen LogP contribution < -0.4 is 5.32 Å². The average molecular weight is 333 g/mol. The molecule has 1 N–H and O–H groups in total. The van der Waals surface area contributed by atoms with Crippen molar-refractivity contribution < 1.29 is 0 Å². The van der Waals surface area contributed by atoms with Crippen LogP contribution in [-0.2, 0) is 6.54 Å². The zero-order valence-corrected chi connectivity index (χ0v) is 12.9. The second-order valence-electron chi connectivity index (χ2n) is 4.41. The number of aryl methyl sites for hydroxylation is 1. The van der Waals surface area contributed by atoms with E-state index in [-0.39, 0.29) is 0 Å². The van der Waals surface area contributed by atoms with Gasteiger partial charge < -0.3 is 5.32 Å². The van der Waals surface area contributed by atoms with Crippen molar-refractivity contribution in [3.63, 3.8) is 0 Å². The van der Waals surface area contributed by atoms with Gasteiger partial charge in [0.25, 0.3) is 0 Å². The van der Waals surface area contributed by atoms with Crippen LogP contribution in [0.4, 0.5) is 5.13 Å². The van der Waals surface area contributed by atoms with Gasteiger partial charge in [0.1, 0.15) is 0 Å². The van der Waals surface area contributed by atoms with E-state index in [4.69, 9.17) is 0 Å². The smallest absolute Gasteiger partial charge is 0.184 e. The summed E-state index contributed by atoms with van der Waals surface area (Å²) in [6, 6.07) is 14.6. The fourth-order valence-corrected chi connectivity index (χ4v) is 3.15. The number of benzene rings is 2. The fraction of sp³-hybridized carbons (Fsp3) is 0.133. The van der Waals surface area contributed by atoms with Crippen LogP contribution in [0.25, 0.3) is 10.2 Å². The van der Waals surface area contributed by atoms with Gasteiger partial charge >= 0.3 is 0 Å². The molecule has 0 unspecified atom stereocenters. The molecule has 2 nitrogen and oxygen atoms in total. The van der Waals surface area contributed by atoms with Gasteiger partial charge in [-0.1, -0.05) is 51.5 Å². The second-order valence-corrected chi connectivity index (χ2v) is 6.36. The average Bonchev–Trinajstić information content (AvgIpc) is 2.79. The van der Waals surface area contributed by atoms with Crippen molar-refractivity contribution in [1.82, 2.24) is 4.98 Å². The van der Waals surface area contributed by atoms with Gasteiger partial charge in [-0.3, -0.25) is 0 Å². The molecule has 0 aliphatic rings. The van der Waals surface area contributed by atoms with E-state index in [1.165, 1.54) is 15.8 Å². The van der Waals surface area contributed by atoms with Gasteiger partial charge in [0.15, 0.2) is 5.13 Å². The normalized spacial score (nSPS) is 10.8. The van der Waals surface area contributed by atoms with Gasteiger partial charge in [0, 0.05) is 11.0 Å². The number of fused-ring (bicyclic) bond motifs is 1. The molecule has 3 aromatic rings. The number of hydrogen-bond donors (Lipinski definition) is 1. The van der Waals surface area contributed by atoms with E-state index >= 15 is 0 Å². The van der Waals surface area contributed by atoms with Gasteiger partial charge in [0.2, 0.25) is 0 Å². The van der Waals surface area contributed by atoms with E-state index in [2.05, 4.69) is 63.5 Å². The lowest BCUT2D eigenvalue weighted by Crippen LogP contribution is -2.00. The minimum absolute atomic E-state index is 0.813. The first-order valence-corrected chi connectivity index (χ1v) is 7.68. The Morgan fingerprint density at radius 3 is 2.89 bits per heavy atom. The van der Waals surface area contributed by atoms with E-state index in [0.29, 0.717) is 0 Å². The van der Waals surface area contributed by atoms with Crippen LogP contribution in [0.3, 0.4) is 0 Å². The molecule has 0 amide bonds. The number of anilines is 1. The minimum atomic E-state index is 0.813. The minimum Gasteiger partial charge on any atom is -0.357 e. The van der Waals surface area contributed by atoms with Gasteiger partial charge in [-0.05, 0) is 36.2 Å². The Kier molecular flexibility index (Phi) is 3.53. The monoisotopic (exact) mass is 332 g/mol. The summed E-state index contributed by atoms with van der Waals surface area (Å²) in [4.78, 5) is 4.60.